The van der Waals surface area contributed by atoms with Crippen molar-refractivity contribution >= 4 is 34.5 Å². The van der Waals surface area contributed by atoms with E-state index in [4.69, 9.17) is 23.7 Å². The van der Waals surface area contributed by atoms with Crippen molar-refractivity contribution in [3.8, 4) is 5.75 Å². The van der Waals surface area contributed by atoms with Gasteiger partial charge in [-0.3, -0.25) is 14.5 Å². The molecule has 2 N–H and O–H groups in total. The maximum atomic E-state index is 15.5. The first-order chi connectivity index (χ1) is 28.9. The number of carbonyl (C=O) groups is 3. The molecule has 7 aliphatic rings. The van der Waals surface area contributed by atoms with E-state index in [2.05, 4.69) is 51.2 Å². The molecule has 6 aliphatic heterocycles. The van der Waals surface area contributed by atoms with Crippen LogP contribution in [0.4, 0.5) is 5.69 Å². The van der Waals surface area contributed by atoms with Crippen LogP contribution in [0.2, 0.25) is 0 Å². The molecule has 1 unspecified atom stereocenters. The van der Waals surface area contributed by atoms with Crippen molar-refractivity contribution in [2.24, 2.45) is 23.2 Å². The molecule has 13 nitrogen and oxygen atoms in total. The number of para-hydroxylation sites is 1. The number of likely N-dealkylation sites (N-methyl/N-ethyl adjacent to an activating group) is 1. The van der Waals surface area contributed by atoms with Gasteiger partial charge in [-0.15, -0.1) is 0 Å². The second-order valence-electron chi connectivity index (χ2n) is 18.6. The molecule has 0 amide bonds. The lowest BCUT2D eigenvalue weighted by molar-refractivity contribution is -0.228. The van der Waals surface area contributed by atoms with Crippen LogP contribution in [-0.4, -0.2) is 136 Å². The third-order valence-corrected chi connectivity index (χ3v) is 16.3. The number of carbonyl (C=O) groups excluding carboxylic acids is 3. The van der Waals surface area contributed by atoms with Gasteiger partial charge in [-0.1, -0.05) is 37.3 Å². The number of nitrogens with zero attached hydrogens (tertiary/aromatic N) is 3. The van der Waals surface area contributed by atoms with E-state index >= 15 is 4.79 Å². The van der Waals surface area contributed by atoms with Crippen molar-refractivity contribution in [3.05, 3.63) is 70.9 Å². The van der Waals surface area contributed by atoms with Gasteiger partial charge in [-0.05, 0) is 79.7 Å². The largest absolute Gasteiger partial charge is 0.496 e. The number of rotatable bonds is 6. The molecule has 10 rings (SSSR count). The van der Waals surface area contributed by atoms with Gasteiger partial charge >= 0.3 is 17.9 Å². The van der Waals surface area contributed by atoms with Crippen LogP contribution in [0, 0.1) is 23.2 Å². The van der Waals surface area contributed by atoms with Crippen LogP contribution in [0.5, 0.6) is 5.75 Å². The Morgan fingerprint density at radius 1 is 1.00 bits per heavy atom. The number of H-pyrrole nitrogens is 1. The van der Waals surface area contributed by atoms with E-state index in [9.17, 15) is 14.7 Å². The van der Waals surface area contributed by atoms with Crippen LogP contribution < -0.4 is 9.64 Å². The Bertz CT molecular complexity index is 2290. The molecule has 60 heavy (non-hydrogen) atoms. The van der Waals surface area contributed by atoms with E-state index in [0.717, 1.165) is 65.9 Å². The monoisotopic (exact) mass is 822 g/mol. The van der Waals surface area contributed by atoms with Crippen LogP contribution in [-0.2, 0) is 50.6 Å². The van der Waals surface area contributed by atoms with Crippen molar-refractivity contribution in [3.63, 3.8) is 0 Å². The van der Waals surface area contributed by atoms with Gasteiger partial charge in [0.25, 0.3) is 0 Å². The van der Waals surface area contributed by atoms with Gasteiger partial charge in [-0.25, -0.2) is 4.79 Å². The minimum Gasteiger partial charge on any atom is -0.496 e. The molecule has 3 saturated heterocycles. The van der Waals surface area contributed by atoms with Crippen molar-refractivity contribution in [2.45, 2.75) is 80.6 Å². The highest BCUT2D eigenvalue weighted by atomic mass is 16.6. The minimum absolute atomic E-state index is 0.137. The fourth-order valence-corrected chi connectivity index (χ4v) is 14.3. The zero-order valence-electron chi connectivity index (χ0n) is 35.6. The second-order valence-corrected chi connectivity index (χ2v) is 18.6. The van der Waals surface area contributed by atoms with Crippen LogP contribution in [0.1, 0.15) is 61.9 Å². The number of esters is 3. The van der Waals surface area contributed by atoms with E-state index in [1.807, 2.05) is 31.0 Å². The maximum absolute atomic E-state index is 15.5. The Morgan fingerprint density at radius 3 is 2.53 bits per heavy atom. The minimum atomic E-state index is -2.28. The smallest absolute Gasteiger partial charge is 0.344 e. The van der Waals surface area contributed by atoms with Crippen molar-refractivity contribution in [2.75, 3.05) is 79.2 Å². The standard InChI is InChI=1S/C47H58N4O9/c1-7-44-15-10-17-51-19-16-45(39(44)51)33-21-34(37(56-4)22-36(33)49(3)40(45)47(55,43(54)58-6)41(44)60-27(2)52)46(42(53)57-5)23-28-24-50(25-29-26-59-20-14-30(28)29)18-13-32-31-11-8-9-12-35(31)48-38(32)46/h8-12,15,21-22,28-30,39-41,48,55H,7,13-14,16-20,23-26H2,1-6H3/t28-,29+,30+,39-,40+,41+,44+,45+,46-,47-/m0/s1. The van der Waals surface area contributed by atoms with Crippen molar-refractivity contribution < 1.29 is 43.2 Å². The highest BCUT2D eigenvalue weighted by molar-refractivity contribution is 5.95. The number of piperidine rings is 1. The number of ether oxygens (including phenoxy) is 5. The zero-order chi connectivity index (χ0) is 41.9. The average Bonchev–Trinajstić information content (AvgIpc) is 3.92. The first kappa shape index (κ1) is 39.7. The Morgan fingerprint density at radius 2 is 1.78 bits per heavy atom. The van der Waals surface area contributed by atoms with Crippen LogP contribution >= 0.6 is 0 Å². The number of benzene rings is 2. The average molecular weight is 823 g/mol. The normalized spacial score (nSPS) is 37.6. The number of hydrogen-bond acceptors (Lipinski definition) is 12. The molecule has 2 bridgehead atoms. The molecule has 3 aromatic rings. The summed E-state index contributed by atoms with van der Waals surface area (Å²) in [6, 6.07) is 11.3. The Balaban J connectivity index is 1.28. The zero-order valence-corrected chi connectivity index (χ0v) is 35.6. The van der Waals surface area contributed by atoms with E-state index in [0.29, 0.717) is 68.7 Å². The highest BCUT2D eigenvalue weighted by Crippen LogP contribution is 2.68. The summed E-state index contributed by atoms with van der Waals surface area (Å²) >= 11 is 0. The van der Waals surface area contributed by atoms with E-state index < -0.39 is 45.9 Å². The molecule has 7 heterocycles. The second kappa shape index (κ2) is 14.1. The SMILES string of the molecule is CC[C@]12C=CCN3CC[C@@]4(c5cc([C@@]6(C(=O)OC)C[C@H]7CN(CCc8c6[nH]c6ccccc86)C[C@@H]6COCC[C@H]76)c(OC)cc5N(C)[C@H]4[C@@](O)(C(=O)OC)[C@@H]1OC(C)=O)[C@@H]32. The molecule has 4 fully saturated rings. The van der Waals surface area contributed by atoms with Gasteiger partial charge in [0.1, 0.15) is 11.2 Å². The van der Waals surface area contributed by atoms with Crippen molar-refractivity contribution in [1.82, 2.24) is 14.8 Å². The molecule has 320 valence electrons. The van der Waals surface area contributed by atoms with Crippen LogP contribution in [0.25, 0.3) is 10.9 Å². The van der Waals surface area contributed by atoms with E-state index in [-0.39, 0.29) is 17.9 Å². The quantitative estimate of drug-likeness (QED) is 0.210. The molecule has 11 atom stereocenters. The summed E-state index contributed by atoms with van der Waals surface area (Å²) < 4.78 is 30.2. The molecule has 1 aromatic heterocycles. The summed E-state index contributed by atoms with van der Waals surface area (Å²) in [5.74, 6) is -0.448. The predicted octanol–water partition coefficient (Wildman–Crippen LogP) is 4.11. The highest BCUT2D eigenvalue weighted by Gasteiger charge is 2.80. The number of fused-ring (bicyclic) bond motifs is 8. The maximum Gasteiger partial charge on any atom is 0.344 e. The first-order valence-electron chi connectivity index (χ1n) is 21.8. The van der Waals surface area contributed by atoms with E-state index in [1.54, 1.807) is 7.11 Å². The number of nitrogens with one attached hydrogen (secondary N) is 1. The van der Waals surface area contributed by atoms with Gasteiger partial charge < -0.3 is 43.6 Å². The van der Waals surface area contributed by atoms with Gasteiger partial charge in [0, 0.05) is 97.5 Å². The summed E-state index contributed by atoms with van der Waals surface area (Å²) in [6.07, 6.45) is 6.13. The summed E-state index contributed by atoms with van der Waals surface area (Å²) in [6.45, 7) is 8.78. The van der Waals surface area contributed by atoms with Gasteiger partial charge in [0.2, 0.25) is 5.60 Å². The number of aromatic amines is 1. The Kier molecular flexibility index (Phi) is 9.30. The number of aromatic nitrogens is 1. The molecule has 13 heteroatoms. The fourth-order valence-electron chi connectivity index (χ4n) is 14.3. The molecule has 1 saturated carbocycles. The molecule has 0 radical (unpaired) electrons. The third kappa shape index (κ3) is 5.03. The Hall–Kier alpha value is -4.43. The predicted molar refractivity (Wildman–Crippen MR) is 223 cm³/mol. The first-order valence-corrected chi connectivity index (χ1v) is 21.8. The topological polar surface area (TPSA) is 143 Å². The number of methoxy groups -OCH3 is 3. The summed E-state index contributed by atoms with van der Waals surface area (Å²) in [5.41, 5.74) is -0.180. The number of aliphatic hydroxyl groups is 1. The molecule has 2 aromatic carbocycles. The molecule has 1 aliphatic carbocycles. The summed E-state index contributed by atoms with van der Waals surface area (Å²) in [5, 5.41) is 14.5. The number of anilines is 1. The third-order valence-electron chi connectivity index (χ3n) is 16.3. The lowest BCUT2D eigenvalue weighted by Crippen LogP contribution is -2.81. The van der Waals surface area contributed by atoms with Crippen molar-refractivity contribution in [1.29, 1.82) is 0 Å². The fraction of sp³-hybridized carbons (Fsp3) is 0.596. The Labute approximate surface area is 351 Å². The van der Waals surface area contributed by atoms with Crippen LogP contribution in [0.15, 0.2) is 48.6 Å². The van der Waals surface area contributed by atoms with E-state index in [1.165, 1.54) is 21.1 Å². The van der Waals surface area contributed by atoms with Gasteiger partial charge in [0.05, 0.1) is 34.0 Å². The summed E-state index contributed by atoms with van der Waals surface area (Å²) in [7, 11) is 6.29. The lowest BCUT2D eigenvalue weighted by atomic mass is 9.47. The summed E-state index contributed by atoms with van der Waals surface area (Å²) in [4.78, 5) is 53.8. The molecular weight excluding hydrogens is 765 g/mol. The number of hydrogen-bond donors (Lipinski definition) is 2. The lowest BCUT2D eigenvalue weighted by Gasteiger charge is -2.63. The molecule has 1 spiro atoms. The van der Waals surface area contributed by atoms with Crippen LogP contribution in [0.3, 0.4) is 0 Å². The van der Waals surface area contributed by atoms with Gasteiger partial charge in [-0.2, -0.15) is 0 Å². The van der Waals surface area contributed by atoms with Gasteiger partial charge in [0.15, 0.2) is 6.10 Å². The molecular formula is C47H58N4O9.